The molecule has 8 heteroatoms. The zero-order valence-electron chi connectivity index (χ0n) is 14.6. The summed E-state index contributed by atoms with van der Waals surface area (Å²) in [6.45, 7) is 2.98. The third-order valence-corrected chi connectivity index (χ3v) is 6.66. The van der Waals surface area contributed by atoms with Crippen LogP contribution in [0.4, 0.5) is 0 Å². The van der Waals surface area contributed by atoms with Crippen LogP contribution >= 0.6 is 11.6 Å². The number of sulfone groups is 1. The lowest BCUT2D eigenvalue weighted by Crippen LogP contribution is -2.41. The Kier molecular flexibility index (Phi) is 5.67. The van der Waals surface area contributed by atoms with Gasteiger partial charge in [0.15, 0.2) is 9.84 Å². The SMILES string of the molecule is CCCN(C(=O)c1cnn(Cc2ccccc2Cl)c1)C1CCS(=O)(=O)C1. The van der Waals surface area contributed by atoms with Gasteiger partial charge in [-0.25, -0.2) is 8.42 Å². The lowest BCUT2D eigenvalue weighted by Gasteiger charge is -2.27. The van der Waals surface area contributed by atoms with E-state index >= 15 is 0 Å². The second-order valence-corrected chi connectivity index (χ2v) is 9.21. The van der Waals surface area contributed by atoms with Crippen molar-refractivity contribution in [3.05, 3.63) is 52.8 Å². The third-order valence-electron chi connectivity index (χ3n) is 4.54. The molecule has 3 rings (SSSR count). The average molecular weight is 396 g/mol. The van der Waals surface area contributed by atoms with Gasteiger partial charge in [-0.15, -0.1) is 0 Å². The van der Waals surface area contributed by atoms with E-state index in [0.717, 1.165) is 12.0 Å². The summed E-state index contributed by atoms with van der Waals surface area (Å²) in [7, 11) is -3.04. The summed E-state index contributed by atoms with van der Waals surface area (Å²) in [4.78, 5) is 14.6. The van der Waals surface area contributed by atoms with Crippen molar-refractivity contribution in [1.82, 2.24) is 14.7 Å². The van der Waals surface area contributed by atoms with Crippen LogP contribution in [0.25, 0.3) is 0 Å². The topological polar surface area (TPSA) is 72.3 Å². The van der Waals surface area contributed by atoms with Gasteiger partial charge in [0.05, 0.1) is 29.8 Å². The van der Waals surface area contributed by atoms with Gasteiger partial charge in [-0.3, -0.25) is 9.48 Å². The molecule has 0 saturated carbocycles. The molecule has 2 aromatic rings. The zero-order chi connectivity index (χ0) is 18.7. The number of nitrogens with zero attached hydrogens (tertiary/aromatic N) is 3. The Hall–Kier alpha value is -1.86. The molecule has 1 aromatic carbocycles. The van der Waals surface area contributed by atoms with Crippen LogP contribution in [0.15, 0.2) is 36.7 Å². The van der Waals surface area contributed by atoms with E-state index in [4.69, 9.17) is 11.6 Å². The quantitative estimate of drug-likeness (QED) is 0.753. The molecule has 140 valence electrons. The number of hydrogen-bond acceptors (Lipinski definition) is 4. The van der Waals surface area contributed by atoms with E-state index in [1.807, 2.05) is 31.2 Å². The molecule has 6 nitrogen and oxygen atoms in total. The van der Waals surface area contributed by atoms with Crippen LogP contribution in [0.1, 0.15) is 35.7 Å². The van der Waals surface area contributed by atoms with Gasteiger partial charge in [0.25, 0.3) is 5.91 Å². The molecule has 1 saturated heterocycles. The summed E-state index contributed by atoms with van der Waals surface area (Å²) < 4.78 is 25.2. The minimum Gasteiger partial charge on any atom is -0.335 e. The fourth-order valence-corrected chi connectivity index (χ4v) is 5.17. The van der Waals surface area contributed by atoms with Crippen molar-refractivity contribution < 1.29 is 13.2 Å². The number of amides is 1. The first kappa shape index (κ1) is 18.9. The summed E-state index contributed by atoms with van der Waals surface area (Å²) in [5, 5.41) is 4.92. The molecule has 1 atom stereocenters. The Morgan fingerprint density at radius 2 is 2.15 bits per heavy atom. The number of carbonyl (C=O) groups excluding carboxylic acids is 1. The molecule has 1 amide bonds. The molecular formula is C18H22ClN3O3S. The van der Waals surface area contributed by atoms with E-state index in [2.05, 4.69) is 5.10 Å². The number of benzene rings is 1. The molecule has 0 spiro atoms. The fraction of sp³-hybridized carbons (Fsp3) is 0.444. The van der Waals surface area contributed by atoms with Crippen molar-refractivity contribution in [3.63, 3.8) is 0 Å². The number of hydrogen-bond donors (Lipinski definition) is 0. The summed E-state index contributed by atoms with van der Waals surface area (Å²) in [5.74, 6) is 0.0306. The van der Waals surface area contributed by atoms with Gasteiger partial charge < -0.3 is 4.90 Å². The van der Waals surface area contributed by atoms with Gasteiger partial charge in [0.1, 0.15) is 0 Å². The number of rotatable bonds is 6. The first-order chi connectivity index (χ1) is 12.4. The fourth-order valence-electron chi connectivity index (χ4n) is 3.24. The summed E-state index contributed by atoms with van der Waals surface area (Å²) >= 11 is 6.17. The van der Waals surface area contributed by atoms with Crippen LogP contribution in [-0.4, -0.2) is 53.1 Å². The van der Waals surface area contributed by atoms with Crippen molar-refractivity contribution in [2.75, 3.05) is 18.1 Å². The summed E-state index contributed by atoms with van der Waals surface area (Å²) in [6, 6.07) is 7.25. The van der Waals surface area contributed by atoms with Crippen molar-refractivity contribution in [1.29, 1.82) is 0 Å². The Balaban J connectivity index is 1.76. The molecule has 0 N–H and O–H groups in total. The molecule has 2 heterocycles. The molecule has 1 unspecified atom stereocenters. The molecule has 26 heavy (non-hydrogen) atoms. The Bertz CT molecular complexity index is 895. The predicted octanol–water partition coefficient (Wildman–Crippen LogP) is 2.62. The average Bonchev–Trinajstić information content (AvgIpc) is 3.20. The predicted molar refractivity (Wildman–Crippen MR) is 101 cm³/mol. The van der Waals surface area contributed by atoms with Gasteiger partial charge in [-0.05, 0) is 24.5 Å². The first-order valence-electron chi connectivity index (χ1n) is 8.67. The Morgan fingerprint density at radius 3 is 2.81 bits per heavy atom. The second-order valence-electron chi connectivity index (χ2n) is 6.57. The highest BCUT2D eigenvalue weighted by Crippen LogP contribution is 2.21. The van der Waals surface area contributed by atoms with Crippen LogP contribution in [0.5, 0.6) is 0 Å². The standard InChI is InChI=1S/C18H22ClN3O3S/c1-2-8-22(16-7-9-26(24,25)13-16)18(23)15-10-20-21(12-15)11-14-5-3-4-6-17(14)19/h3-6,10,12,16H,2,7-9,11,13H2,1H3. The van der Waals surface area contributed by atoms with Crippen LogP contribution in [0.3, 0.4) is 0 Å². The number of carbonyl (C=O) groups is 1. The van der Waals surface area contributed by atoms with E-state index in [0.29, 0.717) is 30.1 Å². The number of halogens is 1. The molecule has 1 aromatic heterocycles. The molecular weight excluding hydrogens is 374 g/mol. The maximum absolute atomic E-state index is 12.9. The smallest absolute Gasteiger partial charge is 0.257 e. The largest absolute Gasteiger partial charge is 0.335 e. The lowest BCUT2D eigenvalue weighted by molar-refractivity contribution is 0.0697. The summed E-state index contributed by atoms with van der Waals surface area (Å²) in [5.41, 5.74) is 1.39. The first-order valence-corrected chi connectivity index (χ1v) is 10.9. The van der Waals surface area contributed by atoms with Crippen LogP contribution in [0, 0.1) is 0 Å². The van der Waals surface area contributed by atoms with Crippen molar-refractivity contribution in [2.24, 2.45) is 0 Å². The van der Waals surface area contributed by atoms with Crippen molar-refractivity contribution in [3.8, 4) is 0 Å². The zero-order valence-corrected chi connectivity index (χ0v) is 16.2. The van der Waals surface area contributed by atoms with Gasteiger partial charge in [-0.1, -0.05) is 36.7 Å². The highest BCUT2D eigenvalue weighted by atomic mass is 35.5. The van der Waals surface area contributed by atoms with Crippen molar-refractivity contribution in [2.45, 2.75) is 32.4 Å². The van der Waals surface area contributed by atoms with Gasteiger partial charge >= 0.3 is 0 Å². The van der Waals surface area contributed by atoms with Gasteiger partial charge in [-0.2, -0.15) is 5.10 Å². The number of aromatic nitrogens is 2. The minimum absolute atomic E-state index is 0.0481. The van der Waals surface area contributed by atoms with E-state index in [1.165, 1.54) is 6.20 Å². The molecule has 1 aliphatic rings. The molecule has 1 aliphatic heterocycles. The van der Waals surface area contributed by atoms with E-state index in [1.54, 1.807) is 15.8 Å². The minimum atomic E-state index is -3.04. The molecule has 0 radical (unpaired) electrons. The van der Waals surface area contributed by atoms with Crippen molar-refractivity contribution >= 4 is 27.3 Å². The molecule has 1 fully saturated rings. The summed E-state index contributed by atoms with van der Waals surface area (Å²) in [6.07, 6.45) is 4.50. The molecule has 0 bridgehead atoms. The Labute approximate surface area is 158 Å². The maximum atomic E-state index is 12.9. The highest BCUT2D eigenvalue weighted by Gasteiger charge is 2.34. The second kappa shape index (κ2) is 7.80. The van der Waals surface area contributed by atoms with E-state index < -0.39 is 9.84 Å². The highest BCUT2D eigenvalue weighted by molar-refractivity contribution is 7.91. The van der Waals surface area contributed by atoms with Crippen LogP contribution in [-0.2, 0) is 16.4 Å². The Morgan fingerprint density at radius 1 is 1.38 bits per heavy atom. The maximum Gasteiger partial charge on any atom is 0.257 e. The van der Waals surface area contributed by atoms with Crippen LogP contribution in [0.2, 0.25) is 5.02 Å². The van der Waals surface area contributed by atoms with E-state index in [-0.39, 0.29) is 23.5 Å². The third kappa shape index (κ3) is 4.27. The van der Waals surface area contributed by atoms with Crippen LogP contribution < -0.4 is 0 Å². The molecule has 0 aliphatic carbocycles. The monoisotopic (exact) mass is 395 g/mol. The lowest BCUT2D eigenvalue weighted by atomic mass is 10.2. The normalized spacial score (nSPS) is 18.8. The van der Waals surface area contributed by atoms with Gasteiger partial charge in [0, 0.05) is 23.8 Å². The van der Waals surface area contributed by atoms with E-state index in [9.17, 15) is 13.2 Å². The van der Waals surface area contributed by atoms with Gasteiger partial charge in [0.2, 0.25) is 0 Å².